The van der Waals surface area contributed by atoms with Crippen LogP contribution >= 0.6 is 11.8 Å². The molecule has 0 saturated heterocycles. The summed E-state index contributed by atoms with van der Waals surface area (Å²) in [5.41, 5.74) is 5.19. The SMILES string of the molecule is CSc1nc2nc(C)c(CC(=O)N(C)Cc3ccc(C(C)(C)C)cc3)c(C)n2n1. The maximum absolute atomic E-state index is 12.9. The van der Waals surface area contributed by atoms with Crippen molar-refractivity contribution in [2.75, 3.05) is 13.3 Å². The van der Waals surface area contributed by atoms with E-state index >= 15 is 0 Å². The highest BCUT2D eigenvalue weighted by atomic mass is 32.2. The lowest BCUT2D eigenvalue weighted by molar-refractivity contribution is -0.129. The number of carbonyl (C=O) groups excluding carboxylic acids is 1. The molecular weight excluding hydrogens is 382 g/mol. The maximum atomic E-state index is 12.9. The average molecular weight is 412 g/mol. The Morgan fingerprint density at radius 1 is 1.14 bits per heavy atom. The Bertz CT molecular complexity index is 1030. The van der Waals surface area contributed by atoms with Gasteiger partial charge in [0.25, 0.3) is 5.78 Å². The fraction of sp³-hybridized carbons (Fsp3) is 0.455. The minimum atomic E-state index is 0.0578. The molecule has 0 atom stereocenters. The summed E-state index contributed by atoms with van der Waals surface area (Å²) < 4.78 is 1.73. The third-order valence-corrected chi connectivity index (χ3v) is 5.74. The monoisotopic (exact) mass is 411 g/mol. The zero-order valence-electron chi connectivity index (χ0n) is 18.3. The molecule has 3 aromatic rings. The Labute approximate surface area is 176 Å². The van der Waals surface area contributed by atoms with Crippen LogP contribution in [0.15, 0.2) is 29.4 Å². The first kappa shape index (κ1) is 21.3. The summed E-state index contributed by atoms with van der Waals surface area (Å²) in [5, 5.41) is 5.14. The lowest BCUT2D eigenvalue weighted by Gasteiger charge is -2.21. The van der Waals surface area contributed by atoms with E-state index in [1.54, 1.807) is 9.42 Å². The largest absolute Gasteiger partial charge is 0.341 e. The van der Waals surface area contributed by atoms with Crippen molar-refractivity contribution in [1.82, 2.24) is 24.5 Å². The Balaban J connectivity index is 1.75. The quantitative estimate of drug-likeness (QED) is 0.595. The van der Waals surface area contributed by atoms with Crippen LogP contribution in [0.2, 0.25) is 0 Å². The third kappa shape index (κ3) is 4.61. The highest BCUT2D eigenvalue weighted by Crippen LogP contribution is 2.23. The Morgan fingerprint density at radius 3 is 2.38 bits per heavy atom. The molecule has 1 amide bonds. The van der Waals surface area contributed by atoms with E-state index in [0.717, 1.165) is 22.5 Å². The molecule has 0 aliphatic rings. The zero-order chi connectivity index (χ0) is 21.3. The summed E-state index contributed by atoms with van der Waals surface area (Å²) in [6.07, 6.45) is 2.23. The number of carbonyl (C=O) groups is 1. The molecule has 1 aromatic carbocycles. The van der Waals surface area contributed by atoms with Crippen molar-refractivity contribution in [2.24, 2.45) is 0 Å². The maximum Gasteiger partial charge on any atom is 0.253 e. The van der Waals surface area contributed by atoms with Crippen molar-refractivity contribution in [3.63, 3.8) is 0 Å². The van der Waals surface area contributed by atoms with Crippen LogP contribution in [0.25, 0.3) is 5.78 Å². The first-order valence-corrected chi connectivity index (χ1v) is 10.9. The number of fused-ring (bicyclic) bond motifs is 1. The molecule has 0 N–H and O–H groups in total. The number of benzene rings is 1. The molecule has 6 nitrogen and oxygen atoms in total. The van der Waals surface area contributed by atoms with Gasteiger partial charge in [-0.3, -0.25) is 4.79 Å². The lowest BCUT2D eigenvalue weighted by Crippen LogP contribution is -2.28. The van der Waals surface area contributed by atoms with Crippen molar-refractivity contribution in [3.05, 3.63) is 52.3 Å². The molecule has 29 heavy (non-hydrogen) atoms. The van der Waals surface area contributed by atoms with Crippen LogP contribution in [0.3, 0.4) is 0 Å². The summed E-state index contributed by atoms with van der Waals surface area (Å²) in [7, 11) is 1.85. The van der Waals surface area contributed by atoms with Gasteiger partial charge in [-0.05, 0) is 36.6 Å². The van der Waals surface area contributed by atoms with Crippen molar-refractivity contribution >= 4 is 23.4 Å². The number of likely N-dealkylation sites (N-methyl/N-ethyl adjacent to an activating group) is 1. The van der Waals surface area contributed by atoms with Crippen LogP contribution in [0, 0.1) is 13.8 Å². The topological polar surface area (TPSA) is 63.4 Å². The van der Waals surface area contributed by atoms with E-state index in [4.69, 9.17) is 0 Å². The molecule has 0 aliphatic carbocycles. The third-order valence-electron chi connectivity index (χ3n) is 5.21. The fourth-order valence-electron chi connectivity index (χ4n) is 3.29. The predicted molar refractivity (Wildman–Crippen MR) is 117 cm³/mol. The van der Waals surface area contributed by atoms with Gasteiger partial charge >= 0.3 is 0 Å². The van der Waals surface area contributed by atoms with Gasteiger partial charge in [0, 0.05) is 30.5 Å². The van der Waals surface area contributed by atoms with Crippen molar-refractivity contribution in [3.8, 4) is 0 Å². The number of amides is 1. The first-order chi connectivity index (χ1) is 13.6. The summed E-state index contributed by atoms with van der Waals surface area (Å²) in [6, 6.07) is 8.50. The molecule has 0 bridgehead atoms. The highest BCUT2D eigenvalue weighted by molar-refractivity contribution is 7.98. The lowest BCUT2D eigenvalue weighted by atomic mass is 9.87. The van der Waals surface area contributed by atoms with Gasteiger partial charge in [-0.1, -0.05) is 56.8 Å². The molecule has 154 valence electrons. The van der Waals surface area contributed by atoms with E-state index in [1.165, 1.54) is 17.3 Å². The van der Waals surface area contributed by atoms with Crippen LogP contribution in [0.5, 0.6) is 0 Å². The van der Waals surface area contributed by atoms with Crippen LogP contribution in [-0.2, 0) is 23.2 Å². The van der Waals surface area contributed by atoms with E-state index < -0.39 is 0 Å². The molecule has 0 aliphatic heterocycles. The van der Waals surface area contributed by atoms with Gasteiger partial charge in [0.1, 0.15) is 0 Å². The Kier molecular flexibility index (Phi) is 5.98. The van der Waals surface area contributed by atoms with Crippen LogP contribution in [0.4, 0.5) is 0 Å². The molecule has 0 radical (unpaired) electrons. The van der Waals surface area contributed by atoms with Gasteiger partial charge in [-0.25, -0.2) is 9.50 Å². The van der Waals surface area contributed by atoms with E-state index in [-0.39, 0.29) is 11.3 Å². The second-order valence-electron chi connectivity index (χ2n) is 8.44. The molecule has 0 spiro atoms. The van der Waals surface area contributed by atoms with Gasteiger partial charge in [-0.15, -0.1) is 5.10 Å². The summed E-state index contributed by atoms with van der Waals surface area (Å²) >= 11 is 1.48. The van der Waals surface area contributed by atoms with Gasteiger partial charge in [-0.2, -0.15) is 4.98 Å². The van der Waals surface area contributed by atoms with Gasteiger partial charge in [0.2, 0.25) is 11.1 Å². The van der Waals surface area contributed by atoms with Crippen molar-refractivity contribution < 1.29 is 4.79 Å². The standard InChI is InChI=1S/C22H29N5OS/c1-14-18(15(2)27-20(23-14)24-21(25-27)29-7)12-19(28)26(6)13-16-8-10-17(11-9-16)22(3,4)5/h8-11H,12-13H2,1-7H3. The summed E-state index contributed by atoms with van der Waals surface area (Å²) in [4.78, 5) is 23.6. The normalized spacial score (nSPS) is 11.8. The zero-order valence-corrected chi connectivity index (χ0v) is 19.1. The second-order valence-corrected chi connectivity index (χ2v) is 9.22. The van der Waals surface area contributed by atoms with E-state index in [9.17, 15) is 4.79 Å². The number of hydrogen-bond acceptors (Lipinski definition) is 5. The van der Waals surface area contributed by atoms with E-state index in [0.29, 0.717) is 23.9 Å². The minimum Gasteiger partial charge on any atom is -0.341 e. The average Bonchev–Trinajstić information content (AvgIpc) is 3.07. The van der Waals surface area contributed by atoms with E-state index in [2.05, 4.69) is 60.1 Å². The van der Waals surface area contributed by atoms with Gasteiger partial charge in [0.05, 0.1) is 6.42 Å². The number of nitrogens with zero attached hydrogens (tertiary/aromatic N) is 5. The number of thioether (sulfide) groups is 1. The highest BCUT2D eigenvalue weighted by Gasteiger charge is 2.18. The number of aromatic nitrogens is 4. The Hall–Kier alpha value is -2.41. The molecule has 0 saturated carbocycles. The number of hydrogen-bond donors (Lipinski definition) is 0. The first-order valence-electron chi connectivity index (χ1n) is 9.70. The minimum absolute atomic E-state index is 0.0578. The molecule has 3 rings (SSSR count). The molecule has 2 aromatic heterocycles. The van der Waals surface area contributed by atoms with Crippen molar-refractivity contribution in [1.29, 1.82) is 0 Å². The van der Waals surface area contributed by atoms with Crippen molar-refractivity contribution in [2.45, 2.75) is 58.2 Å². The predicted octanol–water partition coefficient (Wildman–Crippen LogP) is 3.96. The number of aryl methyl sites for hydroxylation is 2. The van der Waals surface area contributed by atoms with Crippen LogP contribution < -0.4 is 0 Å². The number of rotatable bonds is 5. The van der Waals surface area contributed by atoms with Gasteiger partial charge < -0.3 is 4.90 Å². The molecule has 0 unspecified atom stereocenters. The molecule has 7 heteroatoms. The fourth-order valence-corrected chi connectivity index (χ4v) is 3.63. The smallest absolute Gasteiger partial charge is 0.253 e. The van der Waals surface area contributed by atoms with Gasteiger partial charge in [0.15, 0.2) is 0 Å². The second kappa shape index (κ2) is 8.14. The Morgan fingerprint density at radius 2 is 1.79 bits per heavy atom. The molecule has 2 heterocycles. The summed E-state index contributed by atoms with van der Waals surface area (Å²) in [6.45, 7) is 11.1. The molecular formula is C22H29N5OS. The summed E-state index contributed by atoms with van der Waals surface area (Å²) in [5.74, 6) is 0.635. The van der Waals surface area contributed by atoms with Crippen LogP contribution in [-0.4, -0.2) is 43.7 Å². The van der Waals surface area contributed by atoms with E-state index in [1.807, 2.05) is 27.2 Å². The van der Waals surface area contributed by atoms with Crippen LogP contribution in [0.1, 0.15) is 48.8 Å². The molecule has 0 fully saturated rings.